The van der Waals surface area contributed by atoms with E-state index in [2.05, 4.69) is 59.0 Å². The van der Waals surface area contributed by atoms with Crippen LogP contribution >= 0.6 is 11.8 Å². The van der Waals surface area contributed by atoms with Gasteiger partial charge in [-0.15, -0.1) is 11.8 Å². The molecular formula is C27H31F3OSSi. The molecule has 3 aromatic carbocycles. The summed E-state index contributed by atoms with van der Waals surface area (Å²) in [6.45, 7) is 13.3. The van der Waals surface area contributed by atoms with Crippen LogP contribution in [0.2, 0.25) is 18.1 Å². The highest BCUT2D eigenvalue weighted by atomic mass is 32.2. The van der Waals surface area contributed by atoms with Crippen LogP contribution in [0.3, 0.4) is 0 Å². The predicted molar refractivity (Wildman–Crippen MR) is 135 cm³/mol. The molecule has 0 amide bonds. The first-order valence-corrected chi connectivity index (χ1v) is 14.8. The molecule has 0 radical (unpaired) electrons. The van der Waals surface area contributed by atoms with Gasteiger partial charge in [-0.25, -0.2) is 0 Å². The molecule has 0 saturated heterocycles. The Morgan fingerprint density at radius 1 is 0.818 bits per heavy atom. The number of hydrogen-bond acceptors (Lipinski definition) is 2. The van der Waals surface area contributed by atoms with Gasteiger partial charge in [0.05, 0.1) is 5.56 Å². The van der Waals surface area contributed by atoms with Gasteiger partial charge in [0.2, 0.25) is 8.32 Å². The number of benzene rings is 3. The average molecular weight is 489 g/mol. The maximum Gasteiger partial charge on any atom is 0.416 e. The van der Waals surface area contributed by atoms with Gasteiger partial charge in [-0.1, -0.05) is 57.2 Å². The van der Waals surface area contributed by atoms with Crippen LogP contribution < -0.4 is 4.43 Å². The Bertz CT molecular complexity index is 1080. The van der Waals surface area contributed by atoms with Crippen LogP contribution in [0.15, 0.2) is 71.6 Å². The zero-order valence-electron chi connectivity index (χ0n) is 20.0. The lowest BCUT2D eigenvalue weighted by Gasteiger charge is -2.37. The van der Waals surface area contributed by atoms with Gasteiger partial charge in [-0.3, -0.25) is 0 Å². The van der Waals surface area contributed by atoms with Crippen LogP contribution in [0.4, 0.5) is 13.2 Å². The topological polar surface area (TPSA) is 9.23 Å². The molecule has 0 fully saturated rings. The summed E-state index contributed by atoms with van der Waals surface area (Å²) in [5.74, 6) is 1.78. The molecule has 0 N–H and O–H groups in total. The van der Waals surface area contributed by atoms with E-state index in [9.17, 15) is 13.2 Å². The van der Waals surface area contributed by atoms with E-state index in [0.29, 0.717) is 0 Å². The number of alkyl halides is 3. The molecule has 0 aliphatic carbocycles. The number of hydrogen-bond donors (Lipinski definition) is 0. The zero-order chi connectivity index (χ0) is 24.4. The maximum absolute atomic E-state index is 12.8. The smallest absolute Gasteiger partial charge is 0.416 e. The standard InChI is InChI=1S/C27H31F3OSSi/c1-19-17-24(15-16-25(19)31-33(5,6)26(2,3)4)32-18-20-7-9-21(10-8-20)22-11-13-23(14-12-22)27(28,29)30/h7-17H,18H2,1-6H3. The number of thioether (sulfide) groups is 1. The van der Waals surface area contributed by atoms with Gasteiger partial charge in [0, 0.05) is 10.6 Å². The van der Waals surface area contributed by atoms with Crippen LogP contribution in [-0.4, -0.2) is 8.32 Å². The highest BCUT2D eigenvalue weighted by molar-refractivity contribution is 7.98. The molecule has 0 aliphatic heterocycles. The van der Waals surface area contributed by atoms with Crippen molar-refractivity contribution in [3.8, 4) is 16.9 Å². The van der Waals surface area contributed by atoms with Gasteiger partial charge >= 0.3 is 6.18 Å². The van der Waals surface area contributed by atoms with E-state index in [1.165, 1.54) is 17.0 Å². The lowest BCUT2D eigenvalue weighted by molar-refractivity contribution is -0.137. The molecule has 3 aromatic rings. The Morgan fingerprint density at radius 3 is 1.85 bits per heavy atom. The second-order valence-electron chi connectivity index (χ2n) is 9.85. The van der Waals surface area contributed by atoms with Gasteiger partial charge in [-0.05, 0) is 77.6 Å². The highest BCUT2D eigenvalue weighted by Gasteiger charge is 2.39. The SMILES string of the molecule is Cc1cc(SCc2ccc(-c3ccc(C(F)(F)F)cc3)cc2)ccc1O[Si](C)(C)C(C)(C)C. The molecule has 0 aliphatic rings. The molecule has 0 bridgehead atoms. The monoisotopic (exact) mass is 488 g/mol. The van der Waals surface area contributed by atoms with E-state index in [1.54, 1.807) is 11.8 Å². The quantitative estimate of drug-likeness (QED) is 0.252. The van der Waals surface area contributed by atoms with Crippen molar-refractivity contribution >= 4 is 20.1 Å². The summed E-state index contributed by atoms with van der Waals surface area (Å²) in [6, 6.07) is 19.6. The number of halogens is 3. The summed E-state index contributed by atoms with van der Waals surface area (Å²) in [7, 11) is -1.87. The van der Waals surface area contributed by atoms with Gasteiger partial charge in [0.1, 0.15) is 5.75 Å². The fourth-order valence-corrected chi connectivity index (χ4v) is 5.10. The summed E-state index contributed by atoms with van der Waals surface area (Å²) in [4.78, 5) is 1.18. The lowest BCUT2D eigenvalue weighted by Crippen LogP contribution is -2.44. The molecule has 176 valence electrons. The minimum Gasteiger partial charge on any atom is -0.543 e. The third kappa shape index (κ3) is 6.45. The summed E-state index contributed by atoms with van der Waals surface area (Å²) in [5.41, 5.74) is 3.35. The van der Waals surface area contributed by atoms with Crippen molar-refractivity contribution < 1.29 is 17.6 Å². The van der Waals surface area contributed by atoms with Gasteiger partial charge in [0.25, 0.3) is 0 Å². The Balaban J connectivity index is 1.63. The van der Waals surface area contributed by atoms with Crippen molar-refractivity contribution in [3.05, 3.63) is 83.4 Å². The highest BCUT2D eigenvalue weighted by Crippen LogP contribution is 2.39. The van der Waals surface area contributed by atoms with E-state index in [4.69, 9.17) is 4.43 Å². The molecular weight excluding hydrogens is 457 g/mol. The molecule has 0 saturated carbocycles. The van der Waals surface area contributed by atoms with Crippen molar-refractivity contribution in [1.82, 2.24) is 0 Å². The van der Waals surface area contributed by atoms with Crippen molar-refractivity contribution in [1.29, 1.82) is 0 Å². The molecule has 33 heavy (non-hydrogen) atoms. The molecule has 1 nitrogen and oxygen atoms in total. The Morgan fingerprint density at radius 2 is 1.36 bits per heavy atom. The molecule has 3 rings (SSSR count). The van der Waals surface area contributed by atoms with Crippen molar-refractivity contribution in [3.63, 3.8) is 0 Å². The summed E-state index contributed by atoms with van der Waals surface area (Å²) in [6.07, 6.45) is -4.31. The molecule has 0 heterocycles. The minimum absolute atomic E-state index is 0.152. The second kappa shape index (κ2) is 9.59. The van der Waals surface area contributed by atoms with E-state index < -0.39 is 20.1 Å². The molecule has 0 aromatic heterocycles. The van der Waals surface area contributed by atoms with Gasteiger partial charge < -0.3 is 4.43 Å². The molecule has 0 unspecified atom stereocenters. The van der Waals surface area contributed by atoms with Crippen molar-refractivity contribution in [2.24, 2.45) is 0 Å². The fraction of sp³-hybridized carbons (Fsp3) is 0.333. The van der Waals surface area contributed by atoms with Crippen LogP contribution in [0, 0.1) is 6.92 Å². The van der Waals surface area contributed by atoms with Crippen LogP contribution in [0.25, 0.3) is 11.1 Å². The summed E-state index contributed by atoms with van der Waals surface area (Å²) in [5, 5.41) is 0.152. The Kier molecular flexibility index (Phi) is 7.39. The van der Waals surface area contributed by atoms with Gasteiger partial charge in [0.15, 0.2) is 0 Å². The average Bonchev–Trinajstić information content (AvgIpc) is 2.73. The second-order valence-corrected chi connectivity index (χ2v) is 15.6. The lowest BCUT2D eigenvalue weighted by atomic mass is 10.0. The third-order valence-corrected chi connectivity index (χ3v) is 11.6. The van der Waals surface area contributed by atoms with Crippen molar-refractivity contribution in [2.45, 2.75) is 62.7 Å². The Labute approximate surface area is 200 Å². The minimum atomic E-state index is -4.31. The van der Waals surface area contributed by atoms with Crippen LogP contribution in [-0.2, 0) is 11.9 Å². The van der Waals surface area contributed by atoms with Crippen molar-refractivity contribution in [2.75, 3.05) is 0 Å². The van der Waals surface area contributed by atoms with Crippen LogP contribution in [0.5, 0.6) is 5.75 Å². The van der Waals surface area contributed by atoms with Gasteiger partial charge in [-0.2, -0.15) is 13.2 Å². The zero-order valence-corrected chi connectivity index (χ0v) is 21.8. The predicted octanol–water partition coefficient (Wildman–Crippen LogP) is 9.36. The van der Waals surface area contributed by atoms with E-state index >= 15 is 0 Å². The maximum atomic E-state index is 12.8. The Hall–Kier alpha value is -2.18. The summed E-state index contributed by atoms with van der Waals surface area (Å²) < 4.78 is 44.7. The number of aryl methyl sites for hydroxylation is 1. The third-order valence-electron chi connectivity index (χ3n) is 6.22. The summed E-state index contributed by atoms with van der Waals surface area (Å²) >= 11 is 1.76. The van der Waals surface area contributed by atoms with Crippen LogP contribution in [0.1, 0.15) is 37.5 Å². The normalized spacial score (nSPS) is 12.6. The molecule has 6 heteroatoms. The first kappa shape index (κ1) is 25.4. The fourth-order valence-electron chi connectivity index (χ4n) is 3.07. The number of rotatable bonds is 6. The first-order valence-electron chi connectivity index (χ1n) is 11.0. The first-order chi connectivity index (χ1) is 15.3. The molecule has 0 atom stereocenters. The molecule has 0 spiro atoms. The largest absolute Gasteiger partial charge is 0.543 e. The van der Waals surface area contributed by atoms with E-state index in [0.717, 1.165) is 45.9 Å². The van der Waals surface area contributed by atoms with E-state index in [1.807, 2.05) is 24.3 Å². The van der Waals surface area contributed by atoms with E-state index in [-0.39, 0.29) is 5.04 Å².